The molecule has 1 atom stereocenters. The normalized spacial score (nSPS) is 16.6. The molecule has 0 saturated carbocycles. The van der Waals surface area contributed by atoms with E-state index in [1.54, 1.807) is 0 Å². The number of anilines is 1. The zero-order chi connectivity index (χ0) is 18.9. The maximum atomic E-state index is 12.6. The third-order valence-corrected chi connectivity index (χ3v) is 5.31. The summed E-state index contributed by atoms with van der Waals surface area (Å²) in [7, 11) is 0. The van der Waals surface area contributed by atoms with Gasteiger partial charge >= 0.3 is 0 Å². The number of hydrogen-bond acceptors (Lipinski definition) is 3. The highest BCUT2D eigenvalue weighted by atomic mass is 16.1. The molecule has 4 aromatic rings. The maximum Gasteiger partial charge on any atom is 0.251 e. The smallest absolute Gasteiger partial charge is 0.251 e. The van der Waals surface area contributed by atoms with Crippen LogP contribution in [0.15, 0.2) is 66.9 Å². The molecule has 6 nitrogen and oxygen atoms in total. The molecule has 28 heavy (non-hydrogen) atoms. The van der Waals surface area contributed by atoms with Crippen LogP contribution < -0.4 is 10.2 Å². The van der Waals surface area contributed by atoms with Crippen LogP contribution in [0.5, 0.6) is 0 Å². The van der Waals surface area contributed by atoms with Crippen molar-refractivity contribution in [3.63, 3.8) is 0 Å². The molecule has 3 N–H and O–H groups in total. The Morgan fingerprint density at radius 2 is 2.00 bits per heavy atom. The summed E-state index contributed by atoms with van der Waals surface area (Å²) in [4.78, 5) is 18.0. The largest absolute Gasteiger partial charge is 0.361 e. The van der Waals surface area contributed by atoms with Gasteiger partial charge in [-0.15, -0.1) is 0 Å². The first-order valence-corrected chi connectivity index (χ1v) is 9.50. The van der Waals surface area contributed by atoms with Crippen molar-refractivity contribution in [2.75, 3.05) is 18.0 Å². The van der Waals surface area contributed by atoms with Gasteiger partial charge in [0, 0.05) is 42.5 Å². The van der Waals surface area contributed by atoms with Crippen molar-refractivity contribution in [1.29, 1.82) is 0 Å². The standard InChI is InChI=1S/C22H21N5O/c28-22(17-7-6-16-8-10-23-19(16)12-17)24-18-9-11-27(14-18)21-13-20(25-26-21)15-4-2-1-3-5-15/h1-8,10,12-13,18,23H,9,11,14H2,(H,24,28)(H,25,26). The fourth-order valence-electron chi connectivity index (χ4n) is 3.78. The van der Waals surface area contributed by atoms with E-state index >= 15 is 0 Å². The van der Waals surface area contributed by atoms with Crippen LogP contribution in [0.4, 0.5) is 5.82 Å². The first kappa shape index (κ1) is 16.6. The summed E-state index contributed by atoms with van der Waals surface area (Å²) in [5, 5.41) is 11.8. The Morgan fingerprint density at radius 3 is 2.89 bits per heavy atom. The van der Waals surface area contributed by atoms with E-state index < -0.39 is 0 Å². The van der Waals surface area contributed by atoms with Crippen LogP contribution in [0.3, 0.4) is 0 Å². The summed E-state index contributed by atoms with van der Waals surface area (Å²) in [6, 6.07) is 20.1. The molecule has 5 rings (SSSR count). The van der Waals surface area contributed by atoms with Crippen molar-refractivity contribution in [2.24, 2.45) is 0 Å². The zero-order valence-electron chi connectivity index (χ0n) is 15.4. The van der Waals surface area contributed by atoms with Crippen LogP contribution in [-0.4, -0.2) is 40.2 Å². The number of hydrogen-bond donors (Lipinski definition) is 3. The van der Waals surface area contributed by atoms with Gasteiger partial charge in [-0.1, -0.05) is 36.4 Å². The first-order chi connectivity index (χ1) is 13.8. The summed E-state index contributed by atoms with van der Waals surface area (Å²) >= 11 is 0. The summed E-state index contributed by atoms with van der Waals surface area (Å²) in [5.41, 5.74) is 3.78. The molecule has 0 radical (unpaired) electrons. The lowest BCUT2D eigenvalue weighted by molar-refractivity contribution is 0.0940. The Balaban J connectivity index is 1.24. The molecule has 0 bridgehead atoms. The van der Waals surface area contributed by atoms with Crippen molar-refractivity contribution >= 4 is 22.6 Å². The summed E-state index contributed by atoms with van der Waals surface area (Å²) in [6.45, 7) is 1.63. The number of fused-ring (bicyclic) bond motifs is 1. The monoisotopic (exact) mass is 371 g/mol. The molecule has 0 aliphatic carbocycles. The minimum Gasteiger partial charge on any atom is -0.361 e. The van der Waals surface area contributed by atoms with E-state index in [1.807, 2.05) is 48.7 Å². The molecule has 1 amide bonds. The minimum absolute atomic E-state index is 0.0321. The molecule has 1 aliphatic rings. The van der Waals surface area contributed by atoms with Gasteiger partial charge in [-0.25, -0.2) is 0 Å². The second-order valence-electron chi connectivity index (χ2n) is 7.19. The molecule has 1 aliphatic heterocycles. The Hall–Kier alpha value is -3.54. The van der Waals surface area contributed by atoms with Crippen molar-refractivity contribution in [3.8, 4) is 11.3 Å². The lowest BCUT2D eigenvalue weighted by Gasteiger charge is -2.16. The second-order valence-corrected chi connectivity index (χ2v) is 7.19. The second kappa shape index (κ2) is 6.88. The fraction of sp³-hybridized carbons (Fsp3) is 0.182. The predicted molar refractivity (Wildman–Crippen MR) is 110 cm³/mol. The number of aromatic nitrogens is 3. The predicted octanol–water partition coefficient (Wildman–Crippen LogP) is 3.57. The topological polar surface area (TPSA) is 76.8 Å². The zero-order valence-corrected chi connectivity index (χ0v) is 15.4. The van der Waals surface area contributed by atoms with Crippen molar-refractivity contribution in [1.82, 2.24) is 20.5 Å². The maximum absolute atomic E-state index is 12.6. The highest BCUT2D eigenvalue weighted by molar-refractivity contribution is 5.98. The molecular weight excluding hydrogens is 350 g/mol. The van der Waals surface area contributed by atoms with E-state index in [9.17, 15) is 4.79 Å². The van der Waals surface area contributed by atoms with Gasteiger partial charge in [-0.3, -0.25) is 9.89 Å². The Bertz CT molecular complexity index is 1110. The van der Waals surface area contributed by atoms with Crippen LogP contribution in [0, 0.1) is 0 Å². The third kappa shape index (κ3) is 3.13. The van der Waals surface area contributed by atoms with Crippen LogP contribution in [0.1, 0.15) is 16.8 Å². The number of amides is 1. The average Bonchev–Trinajstić information content (AvgIpc) is 3.48. The van der Waals surface area contributed by atoms with E-state index in [0.717, 1.165) is 47.5 Å². The fourth-order valence-corrected chi connectivity index (χ4v) is 3.78. The number of benzene rings is 2. The SMILES string of the molecule is O=C(NC1CCN(c2cc(-c3ccccc3)[nH]n2)C1)c1ccc2cc[nH]c2c1. The minimum atomic E-state index is -0.0321. The van der Waals surface area contributed by atoms with Crippen LogP contribution in [0.2, 0.25) is 0 Å². The highest BCUT2D eigenvalue weighted by Crippen LogP contribution is 2.24. The number of rotatable bonds is 4. The number of H-pyrrole nitrogens is 2. The molecule has 1 fully saturated rings. The molecule has 3 heterocycles. The van der Waals surface area contributed by atoms with E-state index in [4.69, 9.17) is 0 Å². The highest BCUT2D eigenvalue weighted by Gasteiger charge is 2.26. The molecule has 1 unspecified atom stereocenters. The van der Waals surface area contributed by atoms with E-state index in [-0.39, 0.29) is 11.9 Å². The van der Waals surface area contributed by atoms with Gasteiger partial charge in [0.2, 0.25) is 0 Å². The molecule has 140 valence electrons. The Morgan fingerprint density at radius 1 is 1.11 bits per heavy atom. The average molecular weight is 371 g/mol. The number of nitrogens with zero attached hydrogens (tertiary/aromatic N) is 2. The number of nitrogens with one attached hydrogen (secondary N) is 3. The molecular formula is C22H21N5O. The Labute approximate surface area is 162 Å². The van der Waals surface area contributed by atoms with Crippen molar-refractivity contribution in [3.05, 3.63) is 72.4 Å². The van der Waals surface area contributed by atoms with E-state index in [2.05, 4.69) is 43.6 Å². The number of carbonyl (C=O) groups is 1. The van der Waals surface area contributed by atoms with Crippen LogP contribution in [0.25, 0.3) is 22.2 Å². The van der Waals surface area contributed by atoms with Crippen molar-refractivity contribution in [2.45, 2.75) is 12.5 Å². The van der Waals surface area contributed by atoms with Gasteiger partial charge in [0.25, 0.3) is 5.91 Å². The molecule has 2 aromatic heterocycles. The van der Waals surface area contributed by atoms with E-state index in [0.29, 0.717) is 5.56 Å². The summed E-state index contributed by atoms with van der Waals surface area (Å²) in [6.07, 6.45) is 2.79. The summed E-state index contributed by atoms with van der Waals surface area (Å²) < 4.78 is 0. The van der Waals surface area contributed by atoms with Gasteiger partial charge in [-0.05, 0) is 35.6 Å². The molecule has 2 aromatic carbocycles. The third-order valence-electron chi connectivity index (χ3n) is 5.31. The van der Waals surface area contributed by atoms with Gasteiger partial charge < -0.3 is 15.2 Å². The molecule has 1 saturated heterocycles. The number of aromatic amines is 2. The summed E-state index contributed by atoms with van der Waals surface area (Å²) in [5.74, 6) is 0.888. The molecule has 0 spiro atoms. The van der Waals surface area contributed by atoms with Crippen molar-refractivity contribution < 1.29 is 4.79 Å². The molecule has 6 heteroatoms. The van der Waals surface area contributed by atoms with Gasteiger partial charge in [0.05, 0.1) is 5.69 Å². The Kier molecular flexibility index (Phi) is 4.09. The van der Waals surface area contributed by atoms with E-state index in [1.165, 1.54) is 0 Å². The lowest BCUT2D eigenvalue weighted by Crippen LogP contribution is -2.37. The number of carbonyl (C=O) groups excluding carboxylic acids is 1. The van der Waals surface area contributed by atoms with Crippen LogP contribution >= 0.6 is 0 Å². The van der Waals surface area contributed by atoms with Crippen LogP contribution in [-0.2, 0) is 0 Å². The first-order valence-electron chi connectivity index (χ1n) is 9.50. The van der Waals surface area contributed by atoms with Gasteiger partial charge in [0.15, 0.2) is 5.82 Å². The lowest BCUT2D eigenvalue weighted by atomic mass is 10.1. The quantitative estimate of drug-likeness (QED) is 0.513. The van der Waals surface area contributed by atoms with Gasteiger partial charge in [-0.2, -0.15) is 5.10 Å². The van der Waals surface area contributed by atoms with Gasteiger partial charge in [0.1, 0.15) is 0 Å².